The number of ether oxygens (including phenoxy) is 1. The van der Waals surface area contributed by atoms with Gasteiger partial charge in [0.2, 0.25) is 5.91 Å². The first-order chi connectivity index (χ1) is 15.1. The summed E-state index contributed by atoms with van der Waals surface area (Å²) in [6, 6.07) is 12.3. The second-order valence-corrected chi connectivity index (χ2v) is 11.0. The number of thioether (sulfide) groups is 1. The average Bonchev–Trinajstić information content (AvgIpc) is 3.40. The molecule has 0 saturated carbocycles. The zero-order valence-corrected chi connectivity index (χ0v) is 19.9. The monoisotopic (exact) mass is 469 g/mol. The number of para-hydroxylation sites is 1. The number of benzene rings is 2. The topological polar surface area (TPSA) is 55.3 Å². The van der Waals surface area contributed by atoms with Crippen molar-refractivity contribution < 1.29 is 9.53 Å². The standard InChI is InChI=1S/C23H23N3O2S3/c1-14-7-8-15(2)21-20(14)25-22(31-21)28-16-9-11-26(12-10-16)19(27)13-29-23-24-17-5-3-4-6-18(17)30-23/h3-8,16H,9-13H2,1-2H3. The number of fused-ring (bicyclic) bond motifs is 2. The van der Waals surface area contributed by atoms with Crippen molar-refractivity contribution in [2.45, 2.75) is 37.1 Å². The maximum atomic E-state index is 12.7. The Morgan fingerprint density at radius 3 is 2.65 bits per heavy atom. The molecule has 1 saturated heterocycles. The third-order valence-electron chi connectivity index (χ3n) is 5.58. The molecule has 0 radical (unpaired) electrons. The van der Waals surface area contributed by atoms with Crippen LogP contribution in [0.4, 0.5) is 0 Å². The molecule has 2 aromatic heterocycles. The van der Waals surface area contributed by atoms with Crippen LogP contribution in [0, 0.1) is 13.8 Å². The molecule has 8 heteroatoms. The summed E-state index contributed by atoms with van der Waals surface area (Å²) < 4.78 is 9.52. The summed E-state index contributed by atoms with van der Waals surface area (Å²) in [6.45, 7) is 5.65. The van der Waals surface area contributed by atoms with E-state index in [1.807, 2.05) is 23.1 Å². The molecule has 0 atom stereocenters. The van der Waals surface area contributed by atoms with Crippen LogP contribution in [-0.2, 0) is 4.79 Å². The summed E-state index contributed by atoms with van der Waals surface area (Å²) in [4.78, 5) is 23.9. The van der Waals surface area contributed by atoms with Crippen molar-refractivity contribution in [2.24, 2.45) is 0 Å². The molecule has 3 heterocycles. The third-order valence-corrected chi connectivity index (χ3v) is 8.82. The number of piperidine rings is 1. The minimum absolute atomic E-state index is 0.113. The van der Waals surface area contributed by atoms with Crippen LogP contribution in [0.3, 0.4) is 0 Å². The first-order valence-electron chi connectivity index (χ1n) is 10.4. The Kier molecular flexibility index (Phi) is 5.86. The van der Waals surface area contributed by atoms with E-state index >= 15 is 0 Å². The van der Waals surface area contributed by atoms with Gasteiger partial charge in [0.15, 0.2) is 4.34 Å². The molecule has 2 aromatic carbocycles. The van der Waals surface area contributed by atoms with E-state index in [1.54, 1.807) is 22.7 Å². The number of thiazole rings is 2. The lowest BCUT2D eigenvalue weighted by atomic mass is 10.1. The zero-order valence-electron chi connectivity index (χ0n) is 17.5. The van der Waals surface area contributed by atoms with Gasteiger partial charge < -0.3 is 9.64 Å². The normalized spacial score (nSPS) is 15.1. The van der Waals surface area contributed by atoms with E-state index in [1.165, 1.54) is 27.6 Å². The molecule has 5 nitrogen and oxygen atoms in total. The Hall–Kier alpha value is -2.16. The molecule has 5 rings (SSSR count). The number of carbonyl (C=O) groups excluding carboxylic acids is 1. The van der Waals surface area contributed by atoms with E-state index in [4.69, 9.17) is 9.72 Å². The van der Waals surface area contributed by atoms with Crippen molar-refractivity contribution >= 4 is 60.8 Å². The van der Waals surface area contributed by atoms with E-state index in [2.05, 4.69) is 37.0 Å². The van der Waals surface area contributed by atoms with Crippen molar-refractivity contribution in [3.63, 3.8) is 0 Å². The van der Waals surface area contributed by atoms with Gasteiger partial charge in [-0.3, -0.25) is 4.79 Å². The molecule has 1 aliphatic heterocycles. The van der Waals surface area contributed by atoms with Crippen molar-refractivity contribution in [2.75, 3.05) is 18.8 Å². The number of hydrogen-bond acceptors (Lipinski definition) is 7. The van der Waals surface area contributed by atoms with E-state index in [-0.39, 0.29) is 12.0 Å². The van der Waals surface area contributed by atoms with Crippen molar-refractivity contribution in [3.8, 4) is 5.19 Å². The molecule has 0 spiro atoms. The Morgan fingerprint density at radius 1 is 1.10 bits per heavy atom. The summed E-state index contributed by atoms with van der Waals surface area (Å²) >= 11 is 4.80. The average molecular weight is 470 g/mol. The highest BCUT2D eigenvalue weighted by Crippen LogP contribution is 2.34. The molecule has 0 aliphatic carbocycles. The van der Waals surface area contributed by atoms with Gasteiger partial charge in [0.05, 0.1) is 26.2 Å². The number of hydrogen-bond donors (Lipinski definition) is 0. The minimum Gasteiger partial charge on any atom is -0.467 e. The summed E-state index contributed by atoms with van der Waals surface area (Å²) in [5.74, 6) is 0.607. The summed E-state index contributed by atoms with van der Waals surface area (Å²) in [6.07, 6.45) is 1.79. The second-order valence-electron chi connectivity index (χ2n) is 7.79. The van der Waals surface area contributed by atoms with Crippen LogP contribution in [0.25, 0.3) is 20.4 Å². The van der Waals surface area contributed by atoms with E-state index in [0.717, 1.165) is 51.2 Å². The number of likely N-dealkylation sites (tertiary alicyclic amines) is 1. The largest absolute Gasteiger partial charge is 0.467 e. The van der Waals surface area contributed by atoms with Gasteiger partial charge in [-0.25, -0.2) is 9.97 Å². The summed E-state index contributed by atoms with van der Waals surface area (Å²) in [5.41, 5.74) is 4.46. The number of carbonyl (C=O) groups is 1. The molecule has 0 N–H and O–H groups in total. The number of aryl methyl sites for hydroxylation is 2. The molecule has 4 aromatic rings. The molecular weight excluding hydrogens is 446 g/mol. The lowest BCUT2D eigenvalue weighted by Crippen LogP contribution is -2.42. The molecule has 1 aliphatic rings. The first-order valence-corrected chi connectivity index (χ1v) is 13.0. The van der Waals surface area contributed by atoms with Crippen LogP contribution in [0.2, 0.25) is 0 Å². The Bertz CT molecular complexity index is 1170. The van der Waals surface area contributed by atoms with E-state index in [9.17, 15) is 4.79 Å². The highest BCUT2D eigenvalue weighted by atomic mass is 32.2. The Morgan fingerprint density at radius 2 is 1.87 bits per heavy atom. The second kappa shape index (κ2) is 8.76. The zero-order chi connectivity index (χ0) is 21.4. The van der Waals surface area contributed by atoms with Crippen LogP contribution in [0.1, 0.15) is 24.0 Å². The van der Waals surface area contributed by atoms with Crippen LogP contribution < -0.4 is 4.74 Å². The minimum atomic E-state index is 0.113. The van der Waals surface area contributed by atoms with Gasteiger partial charge in [0.25, 0.3) is 5.19 Å². The summed E-state index contributed by atoms with van der Waals surface area (Å²) in [7, 11) is 0. The molecule has 0 unspecified atom stereocenters. The molecule has 31 heavy (non-hydrogen) atoms. The van der Waals surface area contributed by atoms with Gasteiger partial charge >= 0.3 is 0 Å². The lowest BCUT2D eigenvalue weighted by molar-refractivity contribution is -0.130. The first kappa shape index (κ1) is 20.7. The quantitative estimate of drug-likeness (QED) is 0.352. The molecule has 0 bridgehead atoms. The molecule has 1 amide bonds. The Balaban J connectivity index is 1.14. The van der Waals surface area contributed by atoms with Crippen LogP contribution >= 0.6 is 34.4 Å². The van der Waals surface area contributed by atoms with Crippen LogP contribution in [-0.4, -0.2) is 45.7 Å². The SMILES string of the molecule is Cc1ccc(C)c2sc(OC3CCN(C(=O)CSc4nc5ccccc5s4)CC3)nc12. The predicted octanol–water partition coefficient (Wildman–Crippen LogP) is 5.68. The van der Waals surface area contributed by atoms with Gasteiger partial charge in [-0.05, 0) is 37.1 Å². The fourth-order valence-electron chi connectivity index (χ4n) is 3.78. The van der Waals surface area contributed by atoms with Crippen LogP contribution in [0.15, 0.2) is 40.7 Å². The Labute approximate surface area is 193 Å². The number of rotatable bonds is 5. The van der Waals surface area contributed by atoms with Gasteiger partial charge in [-0.15, -0.1) is 11.3 Å². The highest BCUT2D eigenvalue weighted by Gasteiger charge is 2.25. The molecule has 1 fully saturated rings. The number of amides is 1. The van der Waals surface area contributed by atoms with E-state index < -0.39 is 0 Å². The maximum Gasteiger partial charge on any atom is 0.274 e. The fourth-order valence-corrected chi connectivity index (χ4v) is 6.78. The van der Waals surface area contributed by atoms with Gasteiger partial charge in [0.1, 0.15) is 6.10 Å². The smallest absolute Gasteiger partial charge is 0.274 e. The van der Waals surface area contributed by atoms with E-state index in [0.29, 0.717) is 5.75 Å². The number of aromatic nitrogens is 2. The summed E-state index contributed by atoms with van der Waals surface area (Å²) in [5, 5.41) is 0.739. The van der Waals surface area contributed by atoms with Crippen molar-refractivity contribution in [1.82, 2.24) is 14.9 Å². The molecule has 160 valence electrons. The van der Waals surface area contributed by atoms with Crippen molar-refractivity contribution in [1.29, 1.82) is 0 Å². The molecular formula is C23H23N3O2S3. The lowest BCUT2D eigenvalue weighted by Gasteiger charge is -2.31. The predicted molar refractivity (Wildman–Crippen MR) is 130 cm³/mol. The van der Waals surface area contributed by atoms with Gasteiger partial charge in [0, 0.05) is 25.9 Å². The maximum absolute atomic E-state index is 12.7. The van der Waals surface area contributed by atoms with Gasteiger partial charge in [-0.2, -0.15) is 0 Å². The van der Waals surface area contributed by atoms with Crippen LogP contribution in [0.5, 0.6) is 5.19 Å². The van der Waals surface area contributed by atoms with Gasteiger partial charge in [-0.1, -0.05) is 47.4 Å². The highest BCUT2D eigenvalue weighted by molar-refractivity contribution is 8.01. The fraction of sp³-hybridized carbons (Fsp3) is 0.348. The van der Waals surface area contributed by atoms with Crippen molar-refractivity contribution in [3.05, 3.63) is 47.5 Å². The number of nitrogens with zero attached hydrogens (tertiary/aromatic N) is 3. The third kappa shape index (κ3) is 4.42.